The highest BCUT2D eigenvalue weighted by Crippen LogP contribution is 2.24. The Labute approximate surface area is 137 Å². The zero-order valence-corrected chi connectivity index (χ0v) is 14.1. The average Bonchev–Trinajstić information content (AvgIpc) is 2.47. The highest BCUT2D eigenvalue weighted by atomic mass is 15.1. The van der Waals surface area contributed by atoms with E-state index in [4.69, 9.17) is 11.1 Å². The maximum Gasteiger partial charge on any atom is 0.141 e. The molecule has 0 atom stereocenters. The number of anilines is 2. The van der Waals surface area contributed by atoms with Crippen molar-refractivity contribution >= 4 is 17.3 Å². The molecular formula is C17H24N6. The normalized spacial score (nSPS) is 11.3. The number of hydrogen-bond donors (Lipinski definition) is 4. The molecule has 5 N–H and O–H groups in total. The van der Waals surface area contributed by atoms with Crippen LogP contribution in [0.1, 0.15) is 30.5 Å². The number of nitrogen functional groups attached to an aromatic ring is 1. The summed E-state index contributed by atoms with van der Waals surface area (Å²) in [4.78, 5) is 8.35. The van der Waals surface area contributed by atoms with E-state index in [1.165, 1.54) is 6.33 Å². The SMILES string of the molecule is CNCC(C)(C)Nc1ncnc(N)c1C(=N)c1ccc(C)cc1. The van der Waals surface area contributed by atoms with Gasteiger partial charge in [-0.05, 0) is 27.8 Å². The third kappa shape index (κ3) is 4.04. The van der Waals surface area contributed by atoms with Crippen LogP contribution in [0, 0.1) is 12.3 Å². The van der Waals surface area contributed by atoms with Crippen LogP contribution in [0.15, 0.2) is 30.6 Å². The number of aromatic nitrogens is 2. The molecule has 0 unspecified atom stereocenters. The van der Waals surface area contributed by atoms with Crippen LogP contribution in [0.5, 0.6) is 0 Å². The molecule has 6 heteroatoms. The third-order valence-electron chi connectivity index (χ3n) is 3.54. The second-order valence-electron chi connectivity index (χ2n) is 6.26. The Morgan fingerprint density at radius 2 is 1.87 bits per heavy atom. The molecule has 0 saturated heterocycles. The first kappa shape index (κ1) is 16.9. The van der Waals surface area contributed by atoms with E-state index in [2.05, 4.69) is 34.4 Å². The first-order valence-electron chi connectivity index (χ1n) is 7.53. The predicted molar refractivity (Wildman–Crippen MR) is 95.2 cm³/mol. The van der Waals surface area contributed by atoms with Crippen LogP contribution in [-0.2, 0) is 0 Å². The van der Waals surface area contributed by atoms with Crippen molar-refractivity contribution in [3.63, 3.8) is 0 Å². The van der Waals surface area contributed by atoms with Gasteiger partial charge in [-0.2, -0.15) is 0 Å². The highest BCUT2D eigenvalue weighted by molar-refractivity contribution is 6.16. The molecule has 2 rings (SSSR count). The summed E-state index contributed by atoms with van der Waals surface area (Å²) in [6, 6.07) is 7.77. The molecule has 0 saturated carbocycles. The molecule has 0 radical (unpaired) electrons. The lowest BCUT2D eigenvalue weighted by atomic mass is 10.0. The molecule has 23 heavy (non-hydrogen) atoms. The van der Waals surface area contributed by atoms with Crippen molar-refractivity contribution in [3.8, 4) is 0 Å². The number of benzene rings is 1. The van der Waals surface area contributed by atoms with E-state index >= 15 is 0 Å². The van der Waals surface area contributed by atoms with Crippen molar-refractivity contribution in [2.24, 2.45) is 0 Å². The van der Waals surface area contributed by atoms with Crippen LogP contribution in [0.4, 0.5) is 11.6 Å². The summed E-state index contributed by atoms with van der Waals surface area (Å²) in [7, 11) is 1.90. The maximum absolute atomic E-state index is 8.52. The third-order valence-corrected chi connectivity index (χ3v) is 3.54. The lowest BCUT2D eigenvalue weighted by Crippen LogP contribution is -2.41. The van der Waals surface area contributed by atoms with Crippen LogP contribution in [0.3, 0.4) is 0 Å². The lowest BCUT2D eigenvalue weighted by molar-refractivity contribution is 0.528. The summed E-state index contributed by atoms with van der Waals surface area (Å²) in [6.07, 6.45) is 1.42. The van der Waals surface area contributed by atoms with E-state index in [-0.39, 0.29) is 5.54 Å². The molecule has 1 heterocycles. The van der Waals surface area contributed by atoms with Gasteiger partial charge in [-0.3, -0.25) is 5.41 Å². The average molecular weight is 312 g/mol. The summed E-state index contributed by atoms with van der Waals surface area (Å²) in [5, 5.41) is 15.0. The van der Waals surface area contributed by atoms with Gasteiger partial charge in [0.05, 0.1) is 11.3 Å². The fourth-order valence-corrected chi connectivity index (χ4v) is 2.41. The van der Waals surface area contributed by atoms with E-state index in [0.717, 1.165) is 17.7 Å². The van der Waals surface area contributed by atoms with Crippen molar-refractivity contribution in [1.82, 2.24) is 15.3 Å². The Hall–Kier alpha value is -2.47. The van der Waals surface area contributed by atoms with Gasteiger partial charge in [-0.15, -0.1) is 0 Å². The van der Waals surface area contributed by atoms with Crippen LogP contribution >= 0.6 is 0 Å². The first-order chi connectivity index (χ1) is 10.8. The molecule has 0 aliphatic carbocycles. The Balaban J connectivity index is 2.41. The quantitative estimate of drug-likeness (QED) is 0.613. The molecule has 0 amide bonds. The van der Waals surface area contributed by atoms with Crippen LogP contribution < -0.4 is 16.4 Å². The van der Waals surface area contributed by atoms with Crippen LogP contribution in [0.25, 0.3) is 0 Å². The lowest BCUT2D eigenvalue weighted by Gasteiger charge is -2.28. The van der Waals surface area contributed by atoms with Crippen molar-refractivity contribution in [1.29, 1.82) is 5.41 Å². The van der Waals surface area contributed by atoms with Gasteiger partial charge in [0.2, 0.25) is 0 Å². The molecular weight excluding hydrogens is 288 g/mol. The summed E-state index contributed by atoms with van der Waals surface area (Å²) >= 11 is 0. The minimum Gasteiger partial charge on any atom is -0.383 e. The summed E-state index contributed by atoms with van der Waals surface area (Å²) in [5.74, 6) is 0.872. The molecule has 0 aliphatic heterocycles. The molecule has 2 aromatic rings. The number of nitrogens with one attached hydrogen (secondary N) is 3. The van der Waals surface area contributed by atoms with Gasteiger partial charge in [0.25, 0.3) is 0 Å². The zero-order valence-electron chi connectivity index (χ0n) is 14.1. The van der Waals surface area contributed by atoms with Gasteiger partial charge in [0.15, 0.2) is 0 Å². The fourth-order valence-electron chi connectivity index (χ4n) is 2.41. The zero-order chi connectivity index (χ0) is 17.0. The molecule has 1 aromatic carbocycles. The van der Waals surface area contributed by atoms with E-state index < -0.39 is 0 Å². The number of rotatable bonds is 6. The summed E-state index contributed by atoms with van der Waals surface area (Å²) in [6.45, 7) is 6.87. The number of nitrogens with two attached hydrogens (primary N) is 1. The largest absolute Gasteiger partial charge is 0.383 e. The van der Waals surface area contributed by atoms with Crippen LogP contribution in [-0.4, -0.2) is 34.8 Å². The fraction of sp³-hybridized carbons (Fsp3) is 0.353. The maximum atomic E-state index is 8.52. The van der Waals surface area contributed by atoms with Gasteiger partial charge in [0.1, 0.15) is 18.0 Å². The van der Waals surface area contributed by atoms with Gasteiger partial charge < -0.3 is 16.4 Å². The van der Waals surface area contributed by atoms with E-state index in [9.17, 15) is 0 Å². The predicted octanol–water partition coefficient (Wildman–Crippen LogP) is 2.19. The van der Waals surface area contributed by atoms with Crippen LogP contribution in [0.2, 0.25) is 0 Å². The molecule has 0 aliphatic rings. The van der Waals surface area contributed by atoms with E-state index in [1.54, 1.807) is 0 Å². The highest BCUT2D eigenvalue weighted by Gasteiger charge is 2.22. The Bertz CT molecular complexity index is 691. The Kier molecular flexibility index (Phi) is 4.95. The van der Waals surface area contributed by atoms with Gasteiger partial charge >= 0.3 is 0 Å². The second-order valence-corrected chi connectivity index (χ2v) is 6.26. The Morgan fingerprint density at radius 1 is 1.22 bits per heavy atom. The summed E-state index contributed by atoms with van der Waals surface area (Å²) < 4.78 is 0. The Morgan fingerprint density at radius 3 is 2.48 bits per heavy atom. The van der Waals surface area contributed by atoms with Crippen molar-refractivity contribution < 1.29 is 0 Å². The van der Waals surface area contributed by atoms with Gasteiger partial charge in [0, 0.05) is 17.6 Å². The van der Waals surface area contributed by atoms with Crippen molar-refractivity contribution in [2.75, 3.05) is 24.6 Å². The van der Waals surface area contributed by atoms with Gasteiger partial charge in [-0.25, -0.2) is 9.97 Å². The van der Waals surface area contributed by atoms with Crippen molar-refractivity contribution in [3.05, 3.63) is 47.3 Å². The molecule has 1 aromatic heterocycles. The number of hydrogen-bond acceptors (Lipinski definition) is 6. The molecule has 122 valence electrons. The van der Waals surface area contributed by atoms with E-state index in [1.807, 2.05) is 38.2 Å². The number of aryl methyl sites for hydroxylation is 1. The topological polar surface area (TPSA) is 99.7 Å². The van der Waals surface area contributed by atoms with Gasteiger partial charge in [-0.1, -0.05) is 29.8 Å². The minimum atomic E-state index is -0.238. The summed E-state index contributed by atoms with van der Waals surface area (Å²) in [5.41, 5.74) is 8.57. The smallest absolute Gasteiger partial charge is 0.141 e. The minimum absolute atomic E-state index is 0.238. The standard InChI is InChI=1S/C17H24N6/c1-11-5-7-12(8-6-11)14(18)13-15(19)21-10-22-16(13)23-17(2,3)9-20-4/h5-8,10,18,20H,9H2,1-4H3,(H3,19,21,22,23). The van der Waals surface area contributed by atoms with Crippen molar-refractivity contribution in [2.45, 2.75) is 26.3 Å². The molecule has 0 spiro atoms. The number of likely N-dealkylation sites (N-methyl/N-ethyl adjacent to an activating group) is 1. The van der Waals surface area contributed by atoms with E-state index in [0.29, 0.717) is 22.9 Å². The first-order valence-corrected chi connectivity index (χ1v) is 7.53. The monoisotopic (exact) mass is 312 g/mol. The molecule has 0 bridgehead atoms. The molecule has 0 fully saturated rings. The second kappa shape index (κ2) is 6.75. The molecule has 6 nitrogen and oxygen atoms in total. The number of nitrogens with zero attached hydrogens (tertiary/aromatic N) is 2.